The van der Waals surface area contributed by atoms with Crippen LogP contribution in [0, 0.1) is 19.8 Å². The molecule has 3 heteroatoms. The Hall–Kier alpha value is -1.22. The number of nitrogens with two attached hydrogens (primary N) is 1. The number of aromatic hydroxyl groups is 1. The summed E-state index contributed by atoms with van der Waals surface area (Å²) in [6.45, 7) is 4.63. The molecule has 2 atom stereocenters. The Morgan fingerprint density at radius 1 is 1.28 bits per heavy atom. The van der Waals surface area contributed by atoms with E-state index in [9.17, 15) is 5.11 Å². The third-order valence-corrected chi connectivity index (χ3v) is 4.19. The molecule has 3 nitrogen and oxygen atoms in total. The molecule has 0 heterocycles. The van der Waals surface area contributed by atoms with Crippen LogP contribution in [-0.2, 0) is 0 Å². The highest BCUT2D eigenvalue weighted by atomic mass is 16.3. The maximum Gasteiger partial charge on any atom is 0.123 e. The van der Waals surface area contributed by atoms with E-state index in [4.69, 9.17) is 5.73 Å². The van der Waals surface area contributed by atoms with Gasteiger partial charge in [-0.3, -0.25) is 0 Å². The highest BCUT2D eigenvalue weighted by Crippen LogP contribution is 2.32. The van der Waals surface area contributed by atoms with Crippen LogP contribution >= 0.6 is 0 Å². The fourth-order valence-corrected chi connectivity index (χ4v) is 2.87. The van der Waals surface area contributed by atoms with E-state index < -0.39 is 0 Å². The topological polar surface area (TPSA) is 58.3 Å². The molecule has 18 heavy (non-hydrogen) atoms. The summed E-state index contributed by atoms with van der Waals surface area (Å²) in [7, 11) is 0. The number of phenolic OH excluding ortho intramolecular Hbond substituents is 1. The molecular weight excluding hydrogens is 224 g/mol. The SMILES string of the molecule is Cc1ccc(NC2CCCCC2CN)c(C)c1O. The third-order valence-electron chi connectivity index (χ3n) is 4.19. The van der Waals surface area contributed by atoms with Crippen LogP contribution in [0.25, 0.3) is 0 Å². The Kier molecular flexibility index (Phi) is 4.12. The number of hydrogen-bond acceptors (Lipinski definition) is 3. The molecule has 0 bridgehead atoms. The molecule has 1 aromatic carbocycles. The molecule has 1 aliphatic carbocycles. The summed E-state index contributed by atoms with van der Waals surface area (Å²) >= 11 is 0. The van der Waals surface area contributed by atoms with Crippen molar-refractivity contribution in [2.75, 3.05) is 11.9 Å². The van der Waals surface area contributed by atoms with Crippen molar-refractivity contribution in [1.29, 1.82) is 0 Å². The van der Waals surface area contributed by atoms with Crippen LogP contribution in [-0.4, -0.2) is 17.7 Å². The number of hydrogen-bond donors (Lipinski definition) is 3. The minimum absolute atomic E-state index is 0.403. The van der Waals surface area contributed by atoms with Gasteiger partial charge in [0, 0.05) is 17.3 Å². The predicted molar refractivity (Wildman–Crippen MR) is 76.0 cm³/mol. The van der Waals surface area contributed by atoms with E-state index >= 15 is 0 Å². The lowest BCUT2D eigenvalue weighted by molar-refractivity contribution is 0.332. The lowest BCUT2D eigenvalue weighted by Gasteiger charge is -2.32. The number of nitrogens with one attached hydrogen (secondary N) is 1. The molecule has 2 unspecified atom stereocenters. The molecule has 0 radical (unpaired) electrons. The Labute approximate surface area is 109 Å². The molecule has 1 aromatic rings. The lowest BCUT2D eigenvalue weighted by Crippen LogP contribution is -2.36. The zero-order valence-corrected chi connectivity index (χ0v) is 11.4. The van der Waals surface area contributed by atoms with E-state index in [2.05, 4.69) is 11.4 Å². The van der Waals surface area contributed by atoms with E-state index in [0.29, 0.717) is 17.7 Å². The molecule has 4 N–H and O–H groups in total. The third kappa shape index (κ3) is 2.61. The summed E-state index contributed by atoms with van der Waals surface area (Å²) in [6.07, 6.45) is 4.95. The van der Waals surface area contributed by atoms with Crippen LogP contribution in [0.3, 0.4) is 0 Å². The van der Waals surface area contributed by atoms with Crippen molar-refractivity contribution in [2.24, 2.45) is 11.7 Å². The molecular formula is C15H24N2O. The van der Waals surface area contributed by atoms with E-state index in [-0.39, 0.29) is 0 Å². The number of phenols is 1. The first kappa shape index (κ1) is 13.2. The Balaban J connectivity index is 2.15. The van der Waals surface area contributed by atoms with Gasteiger partial charge in [0.15, 0.2) is 0 Å². The van der Waals surface area contributed by atoms with Gasteiger partial charge in [-0.2, -0.15) is 0 Å². The van der Waals surface area contributed by atoms with Crippen molar-refractivity contribution in [1.82, 2.24) is 0 Å². The second kappa shape index (κ2) is 5.61. The van der Waals surface area contributed by atoms with Gasteiger partial charge in [0.2, 0.25) is 0 Å². The quantitative estimate of drug-likeness (QED) is 0.771. The van der Waals surface area contributed by atoms with Gasteiger partial charge in [-0.05, 0) is 50.8 Å². The van der Waals surface area contributed by atoms with Crippen molar-refractivity contribution < 1.29 is 5.11 Å². The van der Waals surface area contributed by atoms with E-state index in [1.165, 1.54) is 25.7 Å². The highest BCUT2D eigenvalue weighted by molar-refractivity contribution is 5.59. The Bertz CT molecular complexity index is 417. The fraction of sp³-hybridized carbons (Fsp3) is 0.600. The van der Waals surface area contributed by atoms with Gasteiger partial charge in [0.1, 0.15) is 5.75 Å². The lowest BCUT2D eigenvalue weighted by atomic mass is 9.84. The summed E-state index contributed by atoms with van der Waals surface area (Å²) in [5, 5.41) is 13.6. The minimum atomic E-state index is 0.403. The smallest absolute Gasteiger partial charge is 0.123 e. The van der Waals surface area contributed by atoms with Gasteiger partial charge in [-0.15, -0.1) is 0 Å². The first-order valence-electron chi connectivity index (χ1n) is 6.89. The van der Waals surface area contributed by atoms with Crippen molar-refractivity contribution in [3.63, 3.8) is 0 Å². The van der Waals surface area contributed by atoms with Gasteiger partial charge in [0.05, 0.1) is 0 Å². The van der Waals surface area contributed by atoms with Gasteiger partial charge < -0.3 is 16.2 Å². The van der Waals surface area contributed by atoms with E-state index in [0.717, 1.165) is 23.4 Å². The van der Waals surface area contributed by atoms with Gasteiger partial charge in [-0.1, -0.05) is 18.9 Å². The zero-order valence-electron chi connectivity index (χ0n) is 11.4. The largest absolute Gasteiger partial charge is 0.507 e. The predicted octanol–water partition coefficient (Wildman–Crippen LogP) is 2.94. The second-order valence-corrected chi connectivity index (χ2v) is 5.43. The summed E-state index contributed by atoms with van der Waals surface area (Å²) in [5.74, 6) is 0.960. The van der Waals surface area contributed by atoms with Crippen molar-refractivity contribution in [2.45, 2.75) is 45.6 Å². The second-order valence-electron chi connectivity index (χ2n) is 5.43. The number of rotatable bonds is 3. The van der Waals surface area contributed by atoms with Crippen LogP contribution in [0.1, 0.15) is 36.8 Å². The zero-order chi connectivity index (χ0) is 13.1. The van der Waals surface area contributed by atoms with E-state index in [1.807, 2.05) is 19.9 Å². The average molecular weight is 248 g/mol. The first-order valence-corrected chi connectivity index (χ1v) is 6.89. The molecule has 0 saturated heterocycles. The van der Waals surface area contributed by atoms with Crippen LogP contribution < -0.4 is 11.1 Å². The first-order chi connectivity index (χ1) is 8.63. The van der Waals surface area contributed by atoms with Crippen molar-refractivity contribution in [3.8, 4) is 5.75 Å². The molecule has 0 spiro atoms. The standard InChI is InChI=1S/C15H24N2O/c1-10-7-8-13(11(2)15(10)18)17-14-6-4-3-5-12(14)9-16/h7-8,12,14,17-18H,3-6,9,16H2,1-2H3. The average Bonchev–Trinajstić information content (AvgIpc) is 2.40. The minimum Gasteiger partial charge on any atom is -0.507 e. The fourth-order valence-electron chi connectivity index (χ4n) is 2.87. The molecule has 1 aliphatic rings. The summed E-state index contributed by atoms with van der Waals surface area (Å²) in [5.41, 5.74) is 8.76. The number of aryl methyl sites for hydroxylation is 1. The van der Waals surface area contributed by atoms with Gasteiger partial charge >= 0.3 is 0 Å². The number of anilines is 1. The molecule has 0 aromatic heterocycles. The molecule has 2 rings (SSSR count). The van der Waals surface area contributed by atoms with Crippen LogP contribution in [0.5, 0.6) is 5.75 Å². The molecule has 100 valence electrons. The monoisotopic (exact) mass is 248 g/mol. The highest BCUT2D eigenvalue weighted by Gasteiger charge is 2.24. The van der Waals surface area contributed by atoms with Crippen molar-refractivity contribution in [3.05, 3.63) is 23.3 Å². The number of benzene rings is 1. The van der Waals surface area contributed by atoms with Crippen LogP contribution in [0.15, 0.2) is 12.1 Å². The maximum atomic E-state index is 9.98. The summed E-state index contributed by atoms with van der Waals surface area (Å²) in [6, 6.07) is 4.47. The van der Waals surface area contributed by atoms with Crippen LogP contribution in [0.2, 0.25) is 0 Å². The molecule has 0 amide bonds. The van der Waals surface area contributed by atoms with E-state index in [1.54, 1.807) is 0 Å². The van der Waals surface area contributed by atoms with Gasteiger partial charge in [-0.25, -0.2) is 0 Å². The Morgan fingerprint density at radius 2 is 2.00 bits per heavy atom. The van der Waals surface area contributed by atoms with Crippen molar-refractivity contribution >= 4 is 5.69 Å². The normalized spacial score (nSPS) is 23.9. The molecule has 0 aliphatic heterocycles. The summed E-state index contributed by atoms with van der Waals surface area (Å²) in [4.78, 5) is 0. The Morgan fingerprint density at radius 3 is 2.72 bits per heavy atom. The maximum absolute atomic E-state index is 9.98. The van der Waals surface area contributed by atoms with Gasteiger partial charge in [0.25, 0.3) is 0 Å². The van der Waals surface area contributed by atoms with Crippen LogP contribution in [0.4, 0.5) is 5.69 Å². The molecule has 1 fully saturated rings. The summed E-state index contributed by atoms with van der Waals surface area (Å²) < 4.78 is 0. The molecule has 1 saturated carbocycles.